The first-order chi connectivity index (χ1) is 10.7. The Labute approximate surface area is 129 Å². The van der Waals surface area contributed by atoms with Gasteiger partial charge in [0.15, 0.2) is 0 Å². The van der Waals surface area contributed by atoms with Crippen LogP contribution < -0.4 is 9.64 Å². The highest BCUT2D eigenvalue weighted by Crippen LogP contribution is 2.41. The van der Waals surface area contributed by atoms with E-state index >= 15 is 0 Å². The zero-order valence-electron chi connectivity index (χ0n) is 12.8. The molecular formula is C16H19N3O3. The number of hydrogen-bond acceptors (Lipinski definition) is 5. The quantitative estimate of drug-likeness (QED) is 0.858. The monoisotopic (exact) mass is 301 g/mol. The van der Waals surface area contributed by atoms with E-state index in [1.807, 2.05) is 19.2 Å². The summed E-state index contributed by atoms with van der Waals surface area (Å²) >= 11 is 0. The molecule has 22 heavy (non-hydrogen) atoms. The van der Waals surface area contributed by atoms with Gasteiger partial charge in [0.05, 0.1) is 31.9 Å². The molecule has 0 N–H and O–H groups in total. The molecule has 116 valence electrons. The van der Waals surface area contributed by atoms with Crippen molar-refractivity contribution in [3.8, 4) is 11.8 Å². The van der Waals surface area contributed by atoms with Crippen molar-refractivity contribution in [2.75, 3.05) is 32.2 Å². The van der Waals surface area contributed by atoms with Crippen LogP contribution >= 0.6 is 0 Å². The van der Waals surface area contributed by atoms with Gasteiger partial charge in [0.1, 0.15) is 5.75 Å². The lowest BCUT2D eigenvalue weighted by Crippen LogP contribution is -2.38. The van der Waals surface area contributed by atoms with Crippen molar-refractivity contribution in [2.24, 2.45) is 0 Å². The van der Waals surface area contributed by atoms with Gasteiger partial charge in [-0.1, -0.05) is 0 Å². The Bertz CT molecular complexity index is 638. The van der Waals surface area contributed by atoms with E-state index in [1.54, 1.807) is 12.0 Å². The second kappa shape index (κ2) is 5.85. The zero-order valence-corrected chi connectivity index (χ0v) is 12.8. The van der Waals surface area contributed by atoms with Crippen LogP contribution in [0.2, 0.25) is 0 Å². The van der Waals surface area contributed by atoms with Crippen LogP contribution in [-0.4, -0.2) is 38.3 Å². The van der Waals surface area contributed by atoms with Crippen molar-refractivity contribution in [2.45, 2.75) is 25.4 Å². The normalized spacial score (nSPS) is 21.2. The van der Waals surface area contributed by atoms with Crippen LogP contribution in [-0.2, 0) is 11.3 Å². The fourth-order valence-corrected chi connectivity index (χ4v) is 3.19. The number of carbonyl (C=O) groups excluding carboxylic acids is 1. The maximum absolute atomic E-state index is 12.0. The zero-order chi connectivity index (χ0) is 15.7. The Balaban J connectivity index is 2.02. The molecule has 2 aliphatic rings. The van der Waals surface area contributed by atoms with E-state index in [9.17, 15) is 4.79 Å². The molecule has 0 bridgehead atoms. The number of rotatable bonds is 3. The van der Waals surface area contributed by atoms with E-state index in [4.69, 9.17) is 14.7 Å². The summed E-state index contributed by atoms with van der Waals surface area (Å²) in [5.74, 6) is 0.649. The molecule has 0 spiro atoms. The SMILES string of the molecule is COc1cc2c(cc1N1CCCOC1=O)CN(C)C2CC#N. The lowest BCUT2D eigenvalue weighted by Gasteiger charge is -2.28. The maximum Gasteiger partial charge on any atom is 0.414 e. The van der Waals surface area contributed by atoms with E-state index in [0.29, 0.717) is 25.3 Å². The Morgan fingerprint density at radius 2 is 2.32 bits per heavy atom. The van der Waals surface area contributed by atoms with Crippen LogP contribution in [0.25, 0.3) is 0 Å². The van der Waals surface area contributed by atoms with Crippen molar-refractivity contribution >= 4 is 11.8 Å². The molecule has 2 aliphatic heterocycles. The third kappa shape index (κ3) is 2.38. The fraction of sp³-hybridized carbons (Fsp3) is 0.500. The van der Waals surface area contributed by atoms with Crippen LogP contribution in [0.3, 0.4) is 0 Å². The van der Waals surface area contributed by atoms with Crippen molar-refractivity contribution in [1.82, 2.24) is 4.90 Å². The van der Waals surface area contributed by atoms with Gasteiger partial charge in [-0.05, 0) is 36.7 Å². The van der Waals surface area contributed by atoms with E-state index in [-0.39, 0.29) is 12.1 Å². The summed E-state index contributed by atoms with van der Waals surface area (Å²) in [4.78, 5) is 15.8. The molecule has 0 saturated carbocycles. The molecule has 1 saturated heterocycles. The molecule has 1 aromatic carbocycles. The first-order valence-electron chi connectivity index (χ1n) is 7.38. The average Bonchev–Trinajstić information content (AvgIpc) is 2.82. The van der Waals surface area contributed by atoms with Crippen LogP contribution in [0.5, 0.6) is 5.75 Å². The van der Waals surface area contributed by atoms with Crippen molar-refractivity contribution < 1.29 is 14.3 Å². The summed E-state index contributed by atoms with van der Waals surface area (Å²) in [7, 11) is 3.60. The Hall–Kier alpha value is -2.26. The second-order valence-electron chi connectivity index (χ2n) is 5.64. The van der Waals surface area contributed by atoms with Gasteiger partial charge in [0.25, 0.3) is 0 Å². The van der Waals surface area contributed by atoms with Gasteiger partial charge in [-0.15, -0.1) is 0 Å². The van der Waals surface area contributed by atoms with Crippen LogP contribution in [0, 0.1) is 11.3 Å². The molecule has 6 nitrogen and oxygen atoms in total. The van der Waals surface area contributed by atoms with E-state index in [0.717, 1.165) is 29.8 Å². The molecule has 1 amide bonds. The summed E-state index contributed by atoms with van der Waals surface area (Å²) in [6.45, 7) is 1.86. The summed E-state index contributed by atoms with van der Waals surface area (Å²) in [5, 5.41) is 9.01. The van der Waals surface area contributed by atoms with Gasteiger partial charge >= 0.3 is 6.09 Å². The molecule has 1 atom stereocenters. The first-order valence-corrected chi connectivity index (χ1v) is 7.38. The predicted octanol–water partition coefficient (Wildman–Crippen LogP) is 2.44. The van der Waals surface area contributed by atoms with E-state index in [1.165, 1.54) is 0 Å². The molecule has 2 heterocycles. The molecule has 1 unspecified atom stereocenters. The number of amides is 1. The Morgan fingerprint density at radius 3 is 3.00 bits per heavy atom. The van der Waals surface area contributed by atoms with Gasteiger partial charge in [-0.25, -0.2) is 4.79 Å². The number of anilines is 1. The number of ether oxygens (including phenoxy) is 2. The second-order valence-corrected chi connectivity index (χ2v) is 5.64. The predicted molar refractivity (Wildman–Crippen MR) is 80.7 cm³/mol. The molecule has 1 fully saturated rings. The molecule has 0 aromatic heterocycles. The highest BCUT2D eigenvalue weighted by Gasteiger charge is 2.31. The first kappa shape index (κ1) is 14.7. The highest BCUT2D eigenvalue weighted by molar-refractivity contribution is 5.90. The summed E-state index contributed by atoms with van der Waals surface area (Å²) in [5.41, 5.74) is 2.99. The number of cyclic esters (lactones) is 1. The molecule has 0 radical (unpaired) electrons. The number of carbonyl (C=O) groups is 1. The Morgan fingerprint density at radius 1 is 1.50 bits per heavy atom. The topological polar surface area (TPSA) is 65.8 Å². The van der Waals surface area contributed by atoms with Gasteiger partial charge in [-0.3, -0.25) is 9.80 Å². The van der Waals surface area contributed by atoms with Crippen molar-refractivity contribution in [3.63, 3.8) is 0 Å². The minimum Gasteiger partial charge on any atom is -0.495 e. The third-order valence-electron chi connectivity index (χ3n) is 4.30. The minimum atomic E-state index is -0.329. The van der Waals surface area contributed by atoms with Crippen molar-refractivity contribution in [1.29, 1.82) is 5.26 Å². The van der Waals surface area contributed by atoms with Gasteiger partial charge < -0.3 is 9.47 Å². The molecular weight excluding hydrogens is 282 g/mol. The summed E-state index contributed by atoms with van der Waals surface area (Å²) in [6.07, 6.45) is 0.921. The maximum atomic E-state index is 12.0. The largest absolute Gasteiger partial charge is 0.495 e. The highest BCUT2D eigenvalue weighted by atomic mass is 16.6. The number of benzene rings is 1. The third-order valence-corrected chi connectivity index (χ3v) is 4.30. The number of nitrogens with zero attached hydrogens (tertiary/aromatic N) is 3. The van der Waals surface area contributed by atoms with Crippen LogP contribution in [0.15, 0.2) is 12.1 Å². The summed E-state index contributed by atoms with van der Waals surface area (Å²) in [6, 6.07) is 6.27. The van der Waals surface area contributed by atoms with E-state index < -0.39 is 0 Å². The molecule has 0 aliphatic carbocycles. The van der Waals surface area contributed by atoms with Crippen molar-refractivity contribution in [3.05, 3.63) is 23.3 Å². The van der Waals surface area contributed by atoms with Gasteiger partial charge in [0, 0.05) is 19.1 Å². The molecule has 3 rings (SSSR count). The lowest BCUT2D eigenvalue weighted by molar-refractivity contribution is 0.140. The minimum absolute atomic E-state index is 0.0799. The number of hydrogen-bond donors (Lipinski definition) is 0. The van der Waals surface area contributed by atoms with Gasteiger partial charge in [-0.2, -0.15) is 5.26 Å². The lowest BCUT2D eigenvalue weighted by atomic mass is 10.0. The number of methoxy groups -OCH3 is 1. The van der Waals surface area contributed by atoms with Crippen LogP contribution in [0.1, 0.15) is 30.0 Å². The van der Waals surface area contributed by atoms with E-state index in [2.05, 4.69) is 11.0 Å². The molecule has 1 aromatic rings. The van der Waals surface area contributed by atoms with Gasteiger partial charge in [0.2, 0.25) is 0 Å². The Kier molecular flexibility index (Phi) is 3.90. The number of nitriles is 1. The number of fused-ring (bicyclic) bond motifs is 1. The average molecular weight is 301 g/mol. The summed E-state index contributed by atoms with van der Waals surface area (Å²) < 4.78 is 10.6. The van der Waals surface area contributed by atoms with Crippen LogP contribution in [0.4, 0.5) is 10.5 Å². The molecule has 6 heteroatoms. The standard InChI is InChI=1S/C16H19N3O3/c1-18-10-11-8-14(19-6-3-7-22-16(19)20)15(21-2)9-12(11)13(18)4-5-17/h8-9,13H,3-4,6-7,10H2,1-2H3. The fourth-order valence-electron chi connectivity index (χ4n) is 3.19. The smallest absolute Gasteiger partial charge is 0.414 e.